The number of imide groups is 1. The van der Waals surface area contributed by atoms with Crippen molar-refractivity contribution in [3.8, 4) is 11.5 Å². The minimum absolute atomic E-state index is 0.0336. The molecule has 0 atom stereocenters. The summed E-state index contributed by atoms with van der Waals surface area (Å²) in [7, 11) is 3.20. The molecule has 8 heteroatoms. The molecule has 30 heavy (non-hydrogen) atoms. The van der Waals surface area contributed by atoms with Crippen molar-refractivity contribution in [1.29, 1.82) is 0 Å². The molecule has 1 saturated heterocycles. The van der Waals surface area contributed by atoms with Crippen molar-refractivity contribution in [3.63, 3.8) is 0 Å². The fourth-order valence-corrected chi connectivity index (χ4v) is 4.00. The maximum atomic E-state index is 13.1. The number of carbonyl (C=O) groups excluding carboxylic acids is 2. The normalized spacial score (nSPS) is 17.1. The predicted octanol–water partition coefficient (Wildman–Crippen LogP) is 2.85. The van der Waals surface area contributed by atoms with Crippen molar-refractivity contribution >= 4 is 34.8 Å². The van der Waals surface area contributed by atoms with Gasteiger partial charge < -0.3 is 19.3 Å². The Morgan fingerprint density at radius 3 is 1.67 bits per heavy atom. The average Bonchev–Trinajstić information content (AvgIpc) is 3.02. The Balaban J connectivity index is 1.47. The van der Waals surface area contributed by atoms with Gasteiger partial charge in [-0.2, -0.15) is 0 Å². The highest BCUT2D eigenvalue weighted by molar-refractivity contribution is 6.52. The number of ether oxygens (including phenoxy) is 2. The van der Waals surface area contributed by atoms with Gasteiger partial charge in [0.2, 0.25) is 0 Å². The van der Waals surface area contributed by atoms with Crippen molar-refractivity contribution in [2.45, 2.75) is 0 Å². The highest BCUT2D eigenvalue weighted by atomic mass is 35.5. The summed E-state index contributed by atoms with van der Waals surface area (Å²) < 4.78 is 10.3. The lowest BCUT2D eigenvalue weighted by Gasteiger charge is -2.37. The van der Waals surface area contributed by atoms with Gasteiger partial charge in [0.1, 0.15) is 22.2 Å². The fourth-order valence-electron chi connectivity index (χ4n) is 3.71. The minimum atomic E-state index is -0.501. The Morgan fingerprint density at radius 1 is 0.700 bits per heavy atom. The van der Waals surface area contributed by atoms with Crippen LogP contribution >= 0.6 is 11.6 Å². The highest BCUT2D eigenvalue weighted by Crippen LogP contribution is 2.33. The number of piperazine rings is 1. The first kappa shape index (κ1) is 20.1. The number of anilines is 2. The zero-order chi connectivity index (χ0) is 21.3. The molecular weight excluding hydrogens is 406 g/mol. The van der Waals surface area contributed by atoms with Gasteiger partial charge in [0.15, 0.2) is 0 Å². The van der Waals surface area contributed by atoms with Gasteiger partial charge >= 0.3 is 0 Å². The van der Waals surface area contributed by atoms with E-state index in [2.05, 4.69) is 4.90 Å². The van der Waals surface area contributed by atoms with E-state index < -0.39 is 11.8 Å². The summed E-state index contributed by atoms with van der Waals surface area (Å²) in [4.78, 5) is 31.0. The number of hydrogen-bond acceptors (Lipinski definition) is 6. The van der Waals surface area contributed by atoms with Crippen LogP contribution in [0.2, 0.25) is 0 Å². The maximum absolute atomic E-state index is 13.1. The second-order valence-corrected chi connectivity index (χ2v) is 7.36. The Bertz CT molecular complexity index is 980. The standard InChI is InChI=1S/C22H22ClN3O4/c1-29-17-7-3-15(4-8-17)24-11-13-25(14-12-24)20-19(23)21(27)26(22(20)28)16-5-9-18(30-2)10-6-16/h3-10H,11-14H2,1-2H3. The van der Waals surface area contributed by atoms with E-state index in [0.717, 1.165) is 16.3 Å². The highest BCUT2D eigenvalue weighted by Gasteiger charge is 2.42. The van der Waals surface area contributed by atoms with E-state index in [1.807, 2.05) is 29.2 Å². The van der Waals surface area contributed by atoms with E-state index in [4.69, 9.17) is 21.1 Å². The average molecular weight is 428 g/mol. The van der Waals surface area contributed by atoms with Crippen LogP contribution in [0.4, 0.5) is 11.4 Å². The van der Waals surface area contributed by atoms with Gasteiger partial charge in [-0.1, -0.05) is 11.6 Å². The number of rotatable bonds is 5. The topological polar surface area (TPSA) is 62.3 Å². The molecule has 4 rings (SSSR count). The third kappa shape index (κ3) is 3.57. The van der Waals surface area contributed by atoms with Gasteiger partial charge in [0.25, 0.3) is 11.8 Å². The van der Waals surface area contributed by atoms with Gasteiger partial charge in [-0.15, -0.1) is 0 Å². The summed E-state index contributed by atoms with van der Waals surface area (Å²) in [6, 6.07) is 14.6. The van der Waals surface area contributed by atoms with Crippen LogP contribution in [0.3, 0.4) is 0 Å². The van der Waals surface area contributed by atoms with Crippen LogP contribution in [0.15, 0.2) is 59.3 Å². The van der Waals surface area contributed by atoms with Gasteiger partial charge in [-0.25, -0.2) is 4.90 Å². The van der Waals surface area contributed by atoms with Gasteiger partial charge in [-0.3, -0.25) is 9.59 Å². The monoisotopic (exact) mass is 427 g/mol. The summed E-state index contributed by atoms with van der Waals surface area (Å²) in [6.45, 7) is 2.61. The smallest absolute Gasteiger partial charge is 0.283 e. The van der Waals surface area contributed by atoms with Crippen molar-refractivity contribution in [3.05, 3.63) is 59.3 Å². The summed E-state index contributed by atoms with van der Waals surface area (Å²) >= 11 is 6.32. The Labute approximate surface area is 180 Å². The Morgan fingerprint density at radius 2 is 1.17 bits per heavy atom. The van der Waals surface area contributed by atoms with E-state index >= 15 is 0 Å². The number of nitrogens with zero attached hydrogens (tertiary/aromatic N) is 3. The molecule has 0 radical (unpaired) electrons. The predicted molar refractivity (Wildman–Crippen MR) is 115 cm³/mol. The molecule has 7 nitrogen and oxygen atoms in total. The molecule has 0 saturated carbocycles. The molecule has 0 bridgehead atoms. The first-order valence-electron chi connectivity index (χ1n) is 9.60. The van der Waals surface area contributed by atoms with E-state index in [1.165, 1.54) is 0 Å². The number of methoxy groups -OCH3 is 2. The number of benzene rings is 2. The van der Waals surface area contributed by atoms with Crippen molar-refractivity contribution in [2.24, 2.45) is 0 Å². The third-order valence-corrected chi connectivity index (χ3v) is 5.71. The molecule has 0 spiro atoms. The molecule has 2 aliphatic heterocycles. The second kappa shape index (κ2) is 8.28. The number of carbonyl (C=O) groups is 2. The fraction of sp³-hybridized carbons (Fsp3) is 0.273. The Kier molecular flexibility index (Phi) is 5.55. The van der Waals surface area contributed by atoms with E-state index in [1.54, 1.807) is 38.5 Å². The van der Waals surface area contributed by atoms with E-state index in [9.17, 15) is 9.59 Å². The minimum Gasteiger partial charge on any atom is -0.497 e. The maximum Gasteiger partial charge on any atom is 0.283 e. The summed E-state index contributed by atoms with van der Waals surface area (Å²) in [5, 5.41) is -0.0336. The second-order valence-electron chi connectivity index (χ2n) is 6.98. The summed E-state index contributed by atoms with van der Waals surface area (Å²) in [5.41, 5.74) is 1.83. The molecule has 156 valence electrons. The number of hydrogen-bond donors (Lipinski definition) is 0. The summed E-state index contributed by atoms with van der Waals surface area (Å²) in [5.74, 6) is 0.558. The molecular formula is C22H22ClN3O4. The molecule has 2 aliphatic rings. The lowest BCUT2D eigenvalue weighted by molar-refractivity contribution is -0.121. The Hall–Kier alpha value is -3.19. The largest absolute Gasteiger partial charge is 0.497 e. The van der Waals surface area contributed by atoms with Crippen LogP contribution in [-0.2, 0) is 9.59 Å². The molecule has 2 aromatic rings. The lowest BCUT2D eigenvalue weighted by atomic mass is 10.2. The SMILES string of the molecule is COc1ccc(N2CCN(C3=C(Cl)C(=O)N(c4ccc(OC)cc4)C3=O)CC2)cc1. The van der Waals surface area contributed by atoms with Crippen molar-refractivity contribution in [2.75, 3.05) is 50.2 Å². The van der Waals surface area contributed by atoms with Crippen LogP contribution < -0.4 is 19.3 Å². The zero-order valence-corrected chi connectivity index (χ0v) is 17.6. The molecule has 2 aromatic carbocycles. The van der Waals surface area contributed by atoms with Crippen LogP contribution in [0, 0.1) is 0 Å². The molecule has 2 amide bonds. The first-order valence-corrected chi connectivity index (χ1v) is 9.98. The zero-order valence-electron chi connectivity index (χ0n) is 16.8. The summed E-state index contributed by atoms with van der Waals surface area (Å²) in [6.07, 6.45) is 0. The molecule has 1 fully saturated rings. The van der Waals surface area contributed by atoms with Crippen LogP contribution in [-0.4, -0.2) is 57.1 Å². The number of amides is 2. The first-order chi connectivity index (χ1) is 14.5. The van der Waals surface area contributed by atoms with E-state index in [-0.39, 0.29) is 10.7 Å². The van der Waals surface area contributed by atoms with Crippen molar-refractivity contribution < 1.29 is 19.1 Å². The van der Waals surface area contributed by atoms with E-state index in [0.29, 0.717) is 37.6 Å². The molecule has 0 aromatic heterocycles. The van der Waals surface area contributed by atoms with Crippen LogP contribution in [0.1, 0.15) is 0 Å². The molecule has 2 heterocycles. The molecule has 0 N–H and O–H groups in total. The van der Waals surface area contributed by atoms with Crippen molar-refractivity contribution in [1.82, 2.24) is 4.90 Å². The third-order valence-electron chi connectivity index (χ3n) is 5.37. The van der Waals surface area contributed by atoms with Crippen LogP contribution in [0.5, 0.6) is 11.5 Å². The van der Waals surface area contributed by atoms with Gasteiger partial charge in [-0.05, 0) is 48.5 Å². The van der Waals surface area contributed by atoms with Crippen LogP contribution in [0.25, 0.3) is 0 Å². The number of halogens is 1. The molecule has 0 unspecified atom stereocenters. The lowest BCUT2D eigenvalue weighted by Crippen LogP contribution is -2.47. The molecule has 0 aliphatic carbocycles. The quantitative estimate of drug-likeness (QED) is 0.684. The van der Waals surface area contributed by atoms with Gasteiger partial charge in [0, 0.05) is 31.9 Å². The van der Waals surface area contributed by atoms with Gasteiger partial charge in [0.05, 0.1) is 19.9 Å².